The Morgan fingerprint density at radius 1 is 1.26 bits per heavy atom. The van der Waals surface area contributed by atoms with Crippen molar-refractivity contribution in [3.63, 3.8) is 0 Å². The molecule has 1 aliphatic rings. The van der Waals surface area contributed by atoms with E-state index in [1.165, 1.54) is 36.8 Å². The summed E-state index contributed by atoms with van der Waals surface area (Å²) >= 11 is 1.86. The number of ketones is 1. The molecule has 0 aromatic heterocycles. The predicted molar refractivity (Wildman–Crippen MR) is 84.1 cm³/mol. The molecule has 1 fully saturated rings. The fourth-order valence-electron chi connectivity index (χ4n) is 2.72. The van der Waals surface area contributed by atoms with E-state index in [0.29, 0.717) is 11.0 Å². The third-order valence-corrected chi connectivity index (χ3v) is 5.50. The minimum Gasteiger partial charge on any atom is -0.293 e. The van der Waals surface area contributed by atoms with Crippen LogP contribution in [0.1, 0.15) is 54.1 Å². The third kappa shape index (κ3) is 4.10. The molecule has 0 spiro atoms. The van der Waals surface area contributed by atoms with Crippen LogP contribution in [0.3, 0.4) is 0 Å². The summed E-state index contributed by atoms with van der Waals surface area (Å²) in [6.45, 7) is 6.49. The maximum atomic E-state index is 12.2. The van der Waals surface area contributed by atoms with E-state index < -0.39 is 0 Å². The molecular weight excluding hydrogens is 252 g/mol. The fourth-order valence-corrected chi connectivity index (χ4v) is 4.07. The highest BCUT2D eigenvalue weighted by Gasteiger charge is 2.20. The van der Waals surface area contributed by atoms with Gasteiger partial charge in [0, 0.05) is 10.8 Å². The second-order valence-corrected chi connectivity index (χ2v) is 7.22. The Morgan fingerprint density at radius 2 is 2.05 bits per heavy atom. The zero-order valence-corrected chi connectivity index (χ0v) is 13.1. The van der Waals surface area contributed by atoms with Gasteiger partial charge in [0.05, 0.1) is 5.75 Å². The molecule has 0 aliphatic heterocycles. The fraction of sp³-hybridized carbons (Fsp3) is 0.588. The van der Waals surface area contributed by atoms with Crippen LogP contribution in [0, 0.1) is 19.8 Å². The molecule has 1 aromatic rings. The van der Waals surface area contributed by atoms with Gasteiger partial charge in [0.1, 0.15) is 0 Å². The van der Waals surface area contributed by atoms with Gasteiger partial charge in [0.25, 0.3) is 0 Å². The first kappa shape index (κ1) is 14.6. The molecule has 2 heteroatoms. The standard InChI is InChI=1S/C17H24OS/c1-12-5-4-6-16(9-12)19-11-17(18)15-8-7-13(2)14(3)10-15/h7-8,10,12,16H,4-6,9,11H2,1-3H3. The molecule has 1 aromatic carbocycles. The van der Waals surface area contributed by atoms with Crippen molar-refractivity contribution in [1.29, 1.82) is 0 Å². The van der Waals surface area contributed by atoms with Crippen molar-refractivity contribution in [1.82, 2.24) is 0 Å². The molecule has 0 radical (unpaired) electrons. The van der Waals surface area contributed by atoms with E-state index in [-0.39, 0.29) is 5.78 Å². The number of hydrogen-bond acceptors (Lipinski definition) is 2. The number of thioether (sulfide) groups is 1. The van der Waals surface area contributed by atoms with E-state index in [2.05, 4.69) is 26.8 Å². The Balaban J connectivity index is 1.88. The van der Waals surface area contributed by atoms with Gasteiger partial charge >= 0.3 is 0 Å². The Morgan fingerprint density at radius 3 is 2.74 bits per heavy atom. The second-order valence-electron chi connectivity index (χ2n) is 5.93. The van der Waals surface area contributed by atoms with Gasteiger partial charge in [-0.1, -0.05) is 31.9 Å². The van der Waals surface area contributed by atoms with Gasteiger partial charge in [-0.2, -0.15) is 11.8 Å². The van der Waals surface area contributed by atoms with Crippen LogP contribution < -0.4 is 0 Å². The molecule has 1 aliphatic carbocycles. The normalized spacial score (nSPS) is 23.3. The summed E-state index contributed by atoms with van der Waals surface area (Å²) in [5.74, 6) is 1.76. The Hall–Kier alpha value is -0.760. The van der Waals surface area contributed by atoms with E-state index in [1.807, 2.05) is 23.9 Å². The monoisotopic (exact) mass is 276 g/mol. The first-order valence-corrected chi connectivity index (χ1v) is 8.33. The number of carbonyl (C=O) groups excluding carboxylic acids is 1. The average molecular weight is 276 g/mol. The lowest BCUT2D eigenvalue weighted by atomic mass is 9.91. The van der Waals surface area contributed by atoms with Gasteiger partial charge in [0.2, 0.25) is 0 Å². The van der Waals surface area contributed by atoms with Crippen LogP contribution in [0.25, 0.3) is 0 Å². The predicted octanol–water partition coefficient (Wildman–Crippen LogP) is 4.80. The lowest BCUT2D eigenvalue weighted by Crippen LogP contribution is -2.17. The molecule has 0 N–H and O–H groups in total. The van der Waals surface area contributed by atoms with Crippen molar-refractivity contribution >= 4 is 17.5 Å². The number of carbonyl (C=O) groups is 1. The van der Waals surface area contributed by atoms with Crippen molar-refractivity contribution in [2.45, 2.75) is 51.7 Å². The first-order valence-electron chi connectivity index (χ1n) is 7.28. The minimum absolute atomic E-state index is 0.284. The van der Waals surface area contributed by atoms with Crippen LogP contribution in [0.5, 0.6) is 0 Å². The van der Waals surface area contributed by atoms with Crippen molar-refractivity contribution in [3.05, 3.63) is 34.9 Å². The lowest BCUT2D eigenvalue weighted by Gasteiger charge is -2.25. The van der Waals surface area contributed by atoms with Gasteiger partial charge in [0.15, 0.2) is 5.78 Å². The SMILES string of the molecule is Cc1ccc(C(=O)CSC2CCCC(C)C2)cc1C. The third-order valence-electron chi connectivity index (χ3n) is 4.17. The summed E-state index contributed by atoms with van der Waals surface area (Å²) in [6, 6.07) is 6.05. The average Bonchev–Trinajstić information content (AvgIpc) is 2.39. The highest BCUT2D eigenvalue weighted by molar-refractivity contribution is 8.00. The largest absolute Gasteiger partial charge is 0.293 e. The zero-order chi connectivity index (χ0) is 13.8. The topological polar surface area (TPSA) is 17.1 Å². The van der Waals surface area contributed by atoms with E-state index in [0.717, 1.165) is 11.5 Å². The molecule has 2 unspecified atom stereocenters. The van der Waals surface area contributed by atoms with E-state index in [4.69, 9.17) is 0 Å². The lowest BCUT2D eigenvalue weighted by molar-refractivity contribution is 0.102. The number of Topliss-reactive ketones (excluding diaryl/α,β-unsaturated/α-hetero) is 1. The van der Waals surface area contributed by atoms with Crippen molar-refractivity contribution in [2.24, 2.45) is 5.92 Å². The number of benzene rings is 1. The summed E-state index contributed by atoms with van der Waals surface area (Å²) in [7, 11) is 0. The molecule has 2 rings (SSSR count). The molecule has 0 heterocycles. The van der Waals surface area contributed by atoms with Crippen LogP contribution in [0.4, 0.5) is 0 Å². The summed E-state index contributed by atoms with van der Waals surface area (Å²) in [5, 5.41) is 0.694. The molecule has 0 amide bonds. The smallest absolute Gasteiger partial charge is 0.172 e. The number of rotatable bonds is 4. The quantitative estimate of drug-likeness (QED) is 0.735. The maximum Gasteiger partial charge on any atom is 0.172 e. The molecule has 0 bridgehead atoms. The van der Waals surface area contributed by atoms with Crippen LogP contribution in [-0.4, -0.2) is 16.8 Å². The maximum absolute atomic E-state index is 12.2. The van der Waals surface area contributed by atoms with E-state index in [9.17, 15) is 4.79 Å². The Labute approximate surface area is 121 Å². The van der Waals surface area contributed by atoms with E-state index >= 15 is 0 Å². The molecule has 1 nitrogen and oxygen atoms in total. The van der Waals surface area contributed by atoms with Crippen molar-refractivity contribution in [3.8, 4) is 0 Å². The van der Waals surface area contributed by atoms with Gasteiger partial charge < -0.3 is 0 Å². The molecule has 19 heavy (non-hydrogen) atoms. The van der Waals surface area contributed by atoms with Gasteiger partial charge in [-0.25, -0.2) is 0 Å². The zero-order valence-electron chi connectivity index (χ0n) is 12.2. The van der Waals surface area contributed by atoms with Gasteiger partial charge in [-0.05, 0) is 49.8 Å². The van der Waals surface area contributed by atoms with Gasteiger partial charge in [-0.3, -0.25) is 4.79 Å². The van der Waals surface area contributed by atoms with Crippen molar-refractivity contribution in [2.75, 3.05) is 5.75 Å². The van der Waals surface area contributed by atoms with Crippen LogP contribution in [0.15, 0.2) is 18.2 Å². The number of hydrogen-bond donors (Lipinski definition) is 0. The Bertz CT molecular complexity index is 453. The molecule has 104 valence electrons. The first-order chi connectivity index (χ1) is 9.06. The summed E-state index contributed by atoms with van der Waals surface area (Å²) in [5.41, 5.74) is 3.34. The van der Waals surface area contributed by atoms with Crippen LogP contribution >= 0.6 is 11.8 Å². The molecule has 1 saturated carbocycles. The second kappa shape index (κ2) is 6.60. The number of aryl methyl sites for hydroxylation is 2. The van der Waals surface area contributed by atoms with Crippen molar-refractivity contribution < 1.29 is 4.79 Å². The minimum atomic E-state index is 0.284. The summed E-state index contributed by atoms with van der Waals surface area (Å²) in [6.07, 6.45) is 5.26. The summed E-state index contributed by atoms with van der Waals surface area (Å²) < 4.78 is 0. The molecular formula is C17H24OS. The highest BCUT2D eigenvalue weighted by atomic mass is 32.2. The molecule has 0 saturated heterocycles. The summed E-state index contributed by atoms with van der Waals surface area (Å²) in [4.78, 5) is 12.2. The van der Waals surface area contributed by atoms with Crippen LogP contribution in [0.2, 0.25) is 0 Å². The molecule has 2 atom stereocenters. The van der Waals surface area contributed by atoms with E-state index in [1.54, 1.807) is 0 Å². The highest BCUT2D eigenvalue weighted by Crippen LogP contribution is 2.32. The van der Waals surface area contributed by atoms with Crippen LogP contribution in [-0.2, 0) is 0 Å². The Kier molecular flexibility index (Phi) is 5.09. The van der Waals surface area contributed by atoms with Gasteiger partial charge in [-0.15, -0.1) is 0 Å².